The standard InChI is InChI=1S/C23H23N5O4/c1-4-9-27-22-19(18(20(24)30)25-21(26-22)17-6-5-10-32-17)28(23(27)31)12-16(29)15-8-7-13(2)14(3)11-15/h5-8,10-11H,4,9,12H2,1-3H3,(H2,24,30). The van der Waals surface area contributed by atoms with Gasteiger partial charge in [-0.1, -0.05) is 19.1 Å². The first-order valence-corrected chi connectivity index (χ1v) is 10.3. The number of aryl methyl sites for hydroxylation is 3. The molecule has 32 heavy (non-hydrogen) atoms. The highest BCUT2D eigenvalue weighted by Crippen LogP contribution is 2.22. The number of ketones is 1. The predicted octanol–water partition coefficient (Wildman–Crippen LogP) is 2.86. The molecule has 0 unspecified atom stereocenters. The highest BCUT2D eigenvalue weighted by Gasteiger charge is 2.25. The van der Waals surface area contributed by atoms with E-state index in [2.05, 4.69) is 9.97 Å². The van der Waals surface area contributed by atoms with Gasteiger partial charge in [-0.05, 0) is 49.6 Å². The average Bonchev–Trinajstić information content (AvgIpc) is 3.38. The lowest BCUT2D eigenvalue weighted by molar-refractivity contribution is 0.0966. The Kier molecular flexibility index (Phi) is 5.48. The molecule has 1 amide bonds. The molecule has 0 aliphatic rings. The quantitative estimate of drug-likeness (QED) is 0.447. The van der Waals surface area contributed by atoms with Gasteiger partial charge in [-0.25, -0.2) is 14.8 Å². The molecule has 0 saturated heterocycles. The summed E-state index contributed by atoms with van der Waals surface area (Å²) in [6, 6.07) is 8.68. The second-order valence-electron chi connectivity index (χ2n) is 7.65. The van der Waals surface area contributed by atoms with Crippen molar-refractivity contribution in [3.05, 3.63) is 69.5 Å². The van der Waals surface area contributed by atoms with Crippen LogP contribution in [0.15, 0.2) is 45.8 Å². The van der Waals surface area contributed by atoms with Gasteiger partial charge in [-0.15, -0.1) is 0 Å². The molecule has 9 nitrogen and oxygen atoms in total. The van der Waals surface area contributed by atoms with Crippen LogP contribution in [0.5, 0.6) is 0 Å². The van der Waals surface area contributed by atoms with E-state index in [-0.39, 0.29) is 35.0 Å². The van der Waals surface area contributed by atoms with Gasteiger partial charge in [0.15, 0.2) is 28.7 Å². The second kappa shape index (κ2) is 8.26. The van der Waals surface area contributed by atoms with Gasteiger partial charge in [0, 0.05) is 12.1 Å². The summed E-state index contributed by atoms with van der Waals surface area (Å²) in [5.41, 5.74) is 7.92. The Bertz CT molecular complexity index is 1400. The third-order valence-corrected chi connectivity index (χ3v) is 5.41. The number of nitrogens with two attached hydrogens (primary N) is 1. The normalized spacial score (nSPS) is 11.2. The number of imidazole rings is 1. The van der Waals surface area contributed by atoms with Crippen LogP contribution in [-0.2, 0) is 13.1 Å². The first-order valence-electron chi connectivity index (χ1n) is 10.3. The number of rotatable bonds is 7. The van der Waals surface area contributed by atoms with Crippen LogP contribution in [-0.4, -0.2) is 30.8 Å². The van der Waals surface area contributed by atoms with E-state index in [0.717, 1.165) is 11.1 Å². The Hall–Kier alpha value is -4.01. The third kappa shape index (κ3) is 3.62. The Labute approximate surface area is 183 Å². The fourth-order valence-electron chi connectivity index (χ4n) is 3.62. The second-order valence-corrected chi connectivity index (χ2v) is 7.65. The molecule has 2 N–H and O–H groups in total. The van der Waals surface area contributed by atoms with Crippen LogP contribution in [0.4, 0.5) is 0 Å². The molecule has 0 spiro atoms. The lowest BCUT2D eigenvalue weighted by atomic mass is 10.0. The molecule has 4 rings (SSSR count). The van der Waals surface area contributed by atoms with Gasteiger partial charge in [0.1, 0.15) is 5.52 Å². The molecule has 0 aliphatic carbocycles. The van der Waals surface area contributed by atoms with Gasteiger partial charge in [0.05, 0.1) is 12.8 Å². The number of primary amides is 1. The molecule has 9 heteroatoms. The van der Waals surface area contributed by atoms with E-state index < -0.39 is 11.6 Å². The highest BCUT2D eigenvalue weighted by atomic mass is 16.3. The van der Waals surface area contributed by atoms with Crippen molar-refractivity contribution in [2.75, 3.05) is 0 Å². The van der Waals surface area contributed by atoms with Crippen molar-refractivity contribution in [3.8, 4) is 11.6 Å². The van der Waals surface area contributed by atoms with Crippen molar-refractivity contribution < 1.29 is 14.0 Å². The summed E-state index contributed by atoms with van der Waals surface area (Å²) >= 11 is 0. The zero-order valence-electron chi connectivity index (χ0n) is 18.1. The molecule has 0 fully saturated rings. The van der Waals surface area contributed by atoms with Crippen LogP contribution in [0.2, 0.25) is 0 Å². The van der Waals surface area contributed by atoms with E-state index in [9.17, 15) is 14.4 Å². The maximum atomic E-state index is 13.3. The van der Waals surface area contributed by atoms with Gasteiger partial charge in [-0.2, -0.15) is 0 Å². The van der Waals surface area contributed by atoms with Crippen molar-refractivity contribution in [2.24, 2.45) is 5.73 Å². The lowest BCUT2D eigenvalue weighted by Crippen LogP contribution is -2.28. The Morgan fingerprint density at radius 3 is 2.50 bits per heavy atom. The van der Waals surface area contributed by atoms with Crippen molar-refractivity contribution in [2.45, 2.75) is 40.3 Å². The fourth-order valence-corrected chi connectivity index (χ4v) is 3.62. The lowest BCUT2D eigenvalue weighted by Gasteiger charge is -2.07. The maximum Gasteiger partial charge on any atom is 0.330 e. The first-order chi connectivity index (χ1) is 15.3. The summed E-state index contributed by atoms with van der Waals surface area (Å²) in [4.78, 5) is 47.3. The van der Waals surface area contributed by atoms with Crippen LogP contribution >= 0.6 is 0 Å². The third-order valence-electron chi connectivity index (χ3n) is 5.41. The summed E-state index contributed by atoms with van der Waals surface area (Å²) in [5, 5.41) is 0. The van der Waals surface area contributed by atoms with Gasteiger partial charge >= 0.3 is 5.69 Å². The predicted molar refractivity (Wildman–Crippen MR) is 119 cm³/mol. The number of hydrogen-bond acceptors (Lipinski definition) is 6. The minimum atomic E-state index is -0.828. The summed E-state index contributed by atoms with van der Waals surface area (Å²) in [6.45, 7) is 5.88. The molecule has 0 aliphatic heterocycles. The molecule has 4 aromatic rings. The van der Waals surface area contributed by atoms with Crippen LogP contribution in [0.25, 0.3) is 22.7 Å². The van der Waals surface area contributed by atoms with Gasteiger partial charge < -0.3 is 10.2 Å². The van der Waals surface area contributed by atoms with Gasteiger partial charge in [0.2, 0.25) is 0 Å². The number of furan rings is 1. The van der Waals surface area contributed by atoms with E-state index in [4.69, 9.17) is 10.2 Å². The topological polar surface area (TPSA) is 126 Å². The largest absolute Gasteiger partial charge is 0.461 e. The number of aromatic nitrogens is 4. The Morgan fingerprint density at radius 1 is 1.09 bits per heavy atom. The van der Waals surface area contributed by atoms with Crippen molar-refractivity contribution in [1.29, 1.82) is 0 Å². The van der Waals surface area contributed by atoms with E-state index >= 15 is 0 Å². The molecule has 0 radical (unpaired) electrons. The minimum absolute atomic E-state index is 0.138. The summed E-state index contributed by atoms with van der Waals surface area (Å²) < 4.78 is 8.02. The molecule has 1 aromatic carbocycles. The monoisotopic (exact) mass is 433 g/mol. The average molecular weight is 433 g/mol. The van der Waals surface area contributed by atoms with Crippen molar-refractivity contribution in [3.63, 3.8) is 0 Å². The Balaban J connectivity index is 1.93. The number of hydrogen-bond donors (Lipinski definition) is 1. The number of Topliss-reactive ketones (excluding diaryl/α,β-unsaturated/α-hetero) is 1. The van der Waals surface area contributed by atoms with Crippen LogP contribution < -0.4 is 11.4 Å². The van der Waals surface area contributed by atoms with Gasteiger partial charge in [0.25, 0.3) is 5.91 Å². The SMILES string of the molecule is CCCn1c(=O)n(CC(=O)c2ccc(C)c(C)c2)c2c(C(N)=O)nc(-c3ccco3)nc21. The zero-order valence-corrected chi connectivity index (χ0v) is 18.1. The van der Waals surface area contributed by atoms with Crippen molar-refractivity contribution >= 4 is 22.9 Å². The molecule has 0 atom stereocenters. The van der Waals surface area contributed by atoms with Crippen LogP contribution in [0.1, 0.15) is 45.3 Å². The number of benzene rings is 1. The number of carbonyl (C=O) groups is 2. The van der Waals surface area contributed by atoms with E-state index in [0.29, 0.717) is 24.3 Å². The smallest absolute Gasteiger partial charge is 0.330 e. The number of nitrogens with zero attached hydrogens (tertiary/aromatic N) is 4. The maximum absolute atomic E-state index is 13.3. The zero-order chi connectivity index (χ0) is 23.0. The fraction of sp³-hybridized carbons (Fsp3) is 0.261. The molecular weight excluding hydrogens is 410 g/mol. The van der Waals surface area contributed by atoms with E-state index in [1.807, 2.05) is 26.8 Å². The number of carbonyl (C=O) groups excluding carboxylic acids is 2. The summed E-state index contributed by atoms with van der Waals surface area (Å²) in [7, 11) is 0. The number of fused-ring (bicyclic) bond motifs is 1. The first kappa shape index (κ1) is 21.2. The molecule has 164 valence electrons. The van der Waals surface area contributed by atoms with Crippen LogP contribution in [0, 0.1) is 13.8 Å². The molecular formula is C23H23N5O4. The van der Waals surface area contributed by atoms with Gasteiger partial charge in [-0.3, -0.25) is 18.7 Å². The molecule has 0 bridgehead atoms. The number of amides is 1. The molecule has 0 saturated carbocycles. The summed E-state index contributed by atoms with van der Waals surface area (Å²) in [5.74, 6) is -0.620. The van der Waals surface area contributed by atoms with Crippen LogP contribution in [0.3, 0.4) is 0 Å². The molecule has 3 aromatic heterocycles. The highest BCUT2D eigenvalue weighted by molar-refractivity contribution is 6.03. The summed E-state index contributed by atoms with van der Waals surface area (Å²) in [6.07, 6.45) is 2.11. The van der Waals surface area contributed by atoms with E-state index in [1.54, 1.807) is 24.3 Å². The van der Waals surface area contributed by atoms with Crippen molar-refractivity contribution in [1.82, 2.24) is 19.1 Å². The van der Waals surface area contributed by atoms with E-state index in [1.165, 1.54) is 15.4 Å². The Morgan fingerprint density at radius 2 is 1.88 bits per heavy atom. The minimum Gasteiger partial charge on any atom is -0.461 e. The molecule has 3 heterocycles.